The van der Waals surface area contributed by atoms with Crippen LogP contribution in [-0.4, -0.2) is 34.8 Å². The lowest BCUT2D eigenvalue weighted by Gasteiger charge is -2.29. The topological polar surface area (TPSA) is 95.9 Å². The number of carbonyl (C=O) groups is 2. The molecule has 3 rings (SSSR count). The number of hydrogen-bond donors (Lipinski definition) is 3. The Kier molecular flexibility index (Phi) is 3.56. The van der Waals surface area contributed by atoms with Crippen molar-refractivity contribution in [2.75, 3.05) is 7.11 Å². The fraction of sp³-hybridized carbons (Fsp3) is 0.500. The zero-order chi connectivity index (χ0) is 15.9. The van der Waals surface area contributed by atoms with Gasteiger partial charge < -0.3 is 14.9 Å². The summed E-state index contributed by atoms with van der Waals surface area (Å²) in [6, 6.07) is 7.40. The van der Waals surface area contributed by atoms with E-state index in [4.69, 9.17) is 4.74 Å². The Morgan fingerprint density at radius 2 is 2.09 bits per heavy atom. The molecular weight excluding hydrogens is 286 g/mol. The third-order valence-electron chi connectivity index (χ3n) is 5.06. The minimum atomic E-state index is -1.14. The Balaban J connectivity index is 1.79. The van der Waals surface area contributed by atoms with E-state index in [1.165, 1.54) is 0 Å². The lowest BCUT2D eigenvalue weighted by Crippen LogP contribution is -2.53. The molecule has 0 aromatic heterocycles. The van der Waals surface area contributed by atoms with Crippen LogP contribution in [-0.2, 0) is 16.1 Å². The second-order valence-corrected chi connectivity index (χ2v) is 6.03. The molecule has 0 heterocycles. The summed E-state index contributed by atoms with van der Waals surface area (Å²) >= 11 is 0. The van der Waals surface area contributed by atoms with Gasteiger partial charge in [-0.05, 0) is 24.8 Å². The normalized spacial score (nSPS) is 32.3. The number of rotatable bonds is 6. The number of fused-ring (bicyclic) bond motifs is 1. The smallest absolute Gasteiger partial charge is 0.324 e. The molecule has 118 valence electrons. The molecule has 0 aliphatic heterocycles. The highest BCUT2D eigenvalue weighted by atomic mass is 16.5. The van der Waals surface area contributed by atoms with E-state index in [1.54, 1.807) is 7.11 Å². The van der Waals surface area contributed by atoms with Crippen molar-refractivity contribution in [2.24, 2.45) is 17.8 Å². The highest BCUT2D eigenvalue weighted by Crippen LogP contribution is 2.62. The van der Waals surface area contributed by atoms with Gasteiger partial charge in [0.2, 0.25) is 0 Å². The van der Waals surface area contributed by atoms with Crippen molar-refractivity contribution in [3.05, 3.63) is 29.8 Å². The molecule has 1 aromatic rings. The quantitative estimate of drug-likeness (QED) is 0.734. The molecule has 2 aliphatic rings. The number of carboxylic acids is 2. The fourth-order valence-electron chi connectivity index (χ4n) is 3.94. The largest absolute Gasteiger partial charge is 0.496 e. The van der Waals surface area contributed by atoms with Gasteiger partial charge in [-0.25, -0.2) is 0 Å². The fourth-order valence-corrected chi connectivity index (χ4v) is 3.94. The maximum absolute atomic E-state index is 11.8. The average Bonchev–Trinajstić information content (AvgIpc) is 3.12. The molecule has 0 bridgehead atoms. The van der Waals surface area contributed by atoms with E-state index in [2.05, 4.69) is 5.32 Å². The molecule has 1 aromatic carbocycles. The van der Waals surface area contributed by atoms with Gasteiger partial charge in [-0.15, -0.1) is 0 Å². The number of nitrogens with one attached hydrogen (secondary N) is 1. The van der Waals surface area contributed by atoms with Gasteiger partial charge >= 0.3 is 11.9 Å². The Morgan fingerprint density at radius 3 is 2.68 bits per heavy atom. The van der Waals surface area contributed by atoms with Crippen molar-refractivity contribution in [3.8, 4) is 5.75 Å². The van der Waals surface area contributed by atoms with Crippen LogP contribution in [0.4, 0.5) is 0 Å². The molecule has 2 aliphatic carbocycles. The summed E-state index contributed by atoms with van der Waals surface area (Å²) in [7, 11) is 1.57. The zero-order valence-electron chi connectivity index (χ0n) is 12.3. The van der Waals surface area contributed by atoms with E-state index in [0.29, 0.717) is 25.1 Å². The van der Waals surface area contributed by atoms with Gasteiger partial charge in [-0.2, -0.15) is 0 Å². The Labute approximate surface area is 128 Å². The molecule has 0 radical (unpaired) electrons. The van der Waals surface area contributed by atoms with Gasteiger partial charge in [0.25, 0.3) is 0 Å². The molecule has 0 spiro atoms. The van der Waals surface area contributed by atoms with Crippen molar-refractivity contribution in [3.63, 3.8) is 0 Å². The van der Waals surface area contributed by atoms with E-state index in [0.717, 1.165) is 5.56 Å². The summed E-state index contributed by atoms with van der Waals surface area (Å²) in [5, 5.41) is 22.0. The van der Waals surface area contributed by atoms with E-state index >= 15 is 0 Å². The molecule has 4 unspecified atom stereocenters. The predicted molar refractivity (Wildman–Crippen MR) is 77.5 cm³/mol. The first kappa shape index (κ1) is 14.8. The highest BCUT2D eigenvalue weighted by Gasteiger charge is 2.71. The van der Waals surface area contributed by atoms with Crippen LogP contribution in [0.5, 0.6) is 5.75 Å². The lowest BCUT2D eigenvalue weighted by molar-refractivity contribution is -0.147. The summed E-state index contributed by atoms with van der Waals surface area (Å²) < 4.78 is 5.27. The number of aliphatic carboxylic acids is 2. The Bertz CT molecular complexity index is 616. The van der Waals surface area contributed by atoms with E-state index in [9.17, 15) is 19.8 Å². The van der Waals surface area contributed by atoms with Crippen molar-refractivity contribution in [2.45, 2.75) is 24.9 Å². The van der Waals surface area contributed by atoms with E-state index in [1.807, 2.05) is 24.3 Å². The molecule has 3 N–H and O–H groups in total. The van der Waals surface area contributed by atoms with Gasteiger partial charge in [-0.1, -0.05) is 18.2 Å². The average molecular weight is 305 g/mol. The van der Waals surface area contributed by atoms with E-state index < -0.39 is 23.4 Å². The Hall–Kier alpha value is -2.08. The number of carboxylic acid groups (broad SMARTS) is 2. The molecule has 0 saturated heterocycles. The van der Waals surface area contributed by atoms with Gasteiger partial charge in [-0.3, -0.25) is 14.9 Å². The third kappa shape index (κ3) is 2.14. The van der Waals surface area contributed by atoms with Crippen LogP contribution < -0.4 is 10.1 Å². The summed E-state index contributed by atoms with van der Waals surface area (Å²) in [6.45, 7) is 0.339. The molecule has 6 nitrogen and oxygen atoms in total. The minimum absolute atomic E-state index is 0.0150. The number of hydrogen-bond acceptors (Lipinski definition) is 4. The van der Waals surface area contributed by atoms with Gasteiger partial charge in [0.05, 0.1) is 13.0 Å². The van der Waals surface area contributed by atoms with Gasteiger partial charge in [0, 0.05) is 18.0 Å². The number of para-hydroxylation sites is 1. The second-order valence-electron chi connectivity index (χ2n) is 6.03. The van der Waals surface area contributed by atoms with Crippen LogP contribution in [0.3, 0.4) is 0 Å². The van der Waals surface area contributed by atoms with Crippen LogP contribution in [0.2, 0.25) is 0 Å². The summed E-state index contributed by atoms with van der Waals surface area (Å²) in [6.07, 6.45) is 1.11. The molecule has 2 saturated carbocycles. The van der Waals surface area contributed by atoms with Gasteiger partial charge in [0.1, 0.15) is 11.3 Å². The first-order chi connectivity index (χ1) is 10.5. The predicted octanol–water partition coefficient (Wildman–Crippen LogP) is 1.35. The molecule has 4 atom stereocenters. The van der Waals surface area contributed by atoms with Crippen LogP contribution in [0.1, 0.15) is 18.4 Å². The molecular formula is C16H19NO5. The zero-order valence-corrected chi connectivity index (χ0v) is 12.3. The number of benzene rings is 1. The van der Waals surface area contributed by atoms with E-state index in [-0.39, 0.29) is 11.8 Å². The SMILES string of the molecule is COc1ccccc1CNC1(C(=O)O)CCC2C(C(=O)O)C21. The highest BCUT2D eigenvalue weighted by molar-refractivity contribution is 5.85. The molecule has 22 heavy (non-hydrogen) atoms. The molecule has 6 heteroatoms. The molecule has 2 fully saturated rings. The first-order valence-corrected chi connectivity index (χ1v) is 7.34. The second kappa shape index (κ2) is 5.28. The van der Waals surface area contributed by atoms with Crippen molar-refractivity contribution >= 4 is 11.9 Å². The van der Waals surface area contributed by atoms with Crippen molar-refractivity contribution in [1.29, 1.82) is 0 Å². The summed E-state index contributed by atoms with van der Waals surface area (Å²) in [4.78, 5) is 23.0. The van der Waals surface area contributed by atoms with Crippen molar-refractivity contribution in [1.82, 2.24) is 5.32 Å². The Morgan fingerprint density at radius 1 is 1.36 bits per heavy atom. The van der Waals surface area contributed by atoms with Crippen LogP contribution in [0.15, 0.2) is 24.3 Å². The minimum Gasteiger partial charge on any atom is -0.496 e. The lowest BCUT2D eigenvalue weighted by atomic mass is 9.90. The molecule has 0 amide bonds. The number of ether oxygens (including phenoxy) is 1. The first-order valence-electron chi connectivity index (χ1n) is 7.34. The standard InChI is InChI=1S/C16H19NO5/c1-22-11-5-3-2-4-9(11)8-17-16(15(20)21)7-6-10-12(13(10)16)14(18)19/h2-5,10,12-13,17H,6-8H2,1H3,(H,18,19)(H,20,21). The summed E-state index contributed by atoms with van der Waals surface area (Å²) in [5.41, 5.74) is -0.282. The maximum Gasteiger partial charge on any atom is 0.324 e. The maximum atomic E-state index is 11.8. The number of methoxy groups -OCH3 is 1. The third-order valence-corrected chi connectivity index (χ3v) is 5.06. The van der Waals surface area contributed by atoms with Crippen LogP contribution in [0.25, 0.3) is 0 Å². The summed E-state index contributed by atoms with van der Waals surface area (Å²) in [5.74, 6) is -2.03. The monoisotopic (exact) mass is 305 g/mol. The van der Waals surface area contributed by atoms with Crippen LogP contribution in [0, 0.1) is 17.8 Å². The van der Waals surface area contributed by atoms with Crippen molar-refractivity contribution < 1.29 is 24.5 Å². The van der Waals surface area contributed by atoms with Gasteiger partial charge in [0.15, 0.2) is 0 Å². The van der Waals surface area contributed by atoms with Crippen LogP contribution >= 0.6 is 0 Å².